The van der Waals surface area contributed by atoms with Gasteiger partial charge < -0.3 is 0 Å². The summed E-state index contributed by atoms with van der Waals surface area (Å²) in [6, 6.07) is 71.3. The van der Waals surface area contributed by atoms with E-state index in [1.807, 2.05) is 60.7 Å². The lowest BCUT2D eigenvalue weighted by molar-refractivity contribution is 1.07. The molecule has 1 aliphatic carbocycles. The summed E-state index contributed by atoms with van der Waals surface area (Å²) >= 11 is 0. The molecule has 0 atom stereocenters. The molecule has 3 nitrogen and oxygen atoms in total. The van der Waals surface area contributed by atoms with Crippen molar-refractivity contribution < 1.29 is 0 Å². The molecule has 0 aliphatic heterocycles. The highest BCUT2D eigenvalue weighted by atomic mass is 15.0. The van der Waals surface area contributed by atoms with Crippen LogP contribution in [0.5, 0.6) is 0 Å². The first-order valence-corrected chi connectivity index (χ1v) is 19.0. The monoisotopic (exact) mass is 711 g/mol. The highest BCUT2D eigenvalue weighted by molar-refractivity contribution is 6.19. The quantitative estimate of drug-likeness (QED) is 0.172. The van der Waals surface area contributed by atoms with Crippen LogP contribution in [0.25, 0.3) is 111 Å². The summed E-state index contributed by atoms with van der Waals surface area (Å²) < 4.78 is 0. The summed E-state index contributed by atoms with van der Waals surface area (Å²) in [7, 11) is 0. The maximum atomic E-state index is 5.02. The first-order chi connectivity index (χ1) is 27.7. The van der Waals surface area contributed by atoms with Crippen LogP contribution in [0.3, 0.4) is 0 Å². The average Bonchev–Trinajstić information content (AvgIpc) is 3.62. The van der Waals surface area contributed by atoms with Crippen LogP contribution in [0.2, 0.25) is 0 Å². The molecule has 56 heavy (non-hydrogen) atoms. The minimum absolute atomic E-state index is 0.640. The summed E-state index contributed by atoms with van der Waals surface area (Å²) in [6.07, 6.45) is 0. The molecular formula is C53H33N3. The third-order valence-corrected chi connectivity index (χ3v) is 11.0. The predicted octanol–water partition coefficient (Wildman–Crippen LogP) is 13.8. The van der Waals surface area contributed by atoms with Gasteiger partial charge in [0.15, 0.2) is 17.5 Å². The van der Waals surface area contributed by atoms with Crippen LogP contribution in [-0.2, 0) is 0 Å². The topological polar surface area (TPSA) is 38.7 Å². The Hall–Kier alpha value is -7.49. The third-order valence-electron chi connectivity index (χ3n) is 11.0. The average molecular weight is 712 g/mol. The molecule has 0 spiro atoms. The number of rotatable bonds is 6. The summed E-state index contributed by atoms with van der Waals surface area (Å²) in [5, 5.41) is 5.03. The van der Waals surface area contributed by atoms with Crippen molar-refractivity contribution in [3.8, 4) is 89.8 Å². The van der Waals surface area contributed by atoms with Crippen molar-refractivity contribution in [3.05, 3.63) is 200 Å². The molecule has 0 saturated heterocycles. The van der Waals surface area contributed by atoms with E-state index >= 15 is 0 Å². The van der Waals surface area contributed by atoms with Crippen LogP contribution < -0.4 is 0 Å². The molecule has 0 unspecified atom stereocenters. The van der Waals surface area contributed by atoms with Crippen molar-refractivity contribution in [2.75, 3.05) is 0 Å². The second-order valence-electron chi connectivity index (χ2n) is 14.4. The zero-order valence-corrected chi connectivity index (χ0v) is 30.4. The second-order valence-corrected chi connectivity index (χ2v) is 14.4. The Morgan fingerprint density at radius 2 is 0.768 bits per heavy atom. The fourth-order valence-electron chi connectivity index (χ4n) is 8.41. The number of benzene rings is 9. The van der Waals surface area contributed by atoms with Crippen LogP contribution >= 0.6 is 0 Å². The van der Waals surface area contributed by atoms with Crippen molar-refractivity contribution in [1.29, 1.82) is 0 Å². The normalized spacial score (nSPS) is 11.6. The summed E-state index contributed by atoms with van der Waals surface area (Å²) in [6.45, 7) is 0. The van der Waals surface area contributed by atoms with Crippen molar-refractivity contribution in [2.24, 2.45) is 0 Å². The van der Waals surface area contributed by atoms with E-state index in [1.165, 1.54) is 66.1 Å². The Morgan fingerprint density at radius 3 is 1.52 bits per heavy atom. The molecular weight excluding hydrogens is 679 g/mol. The molecule has 0 bridgehead atoms. The van der Waals surface area contributed by atoms with E-state index in [0.717, 1.165) is 27.8 Å². The minimum atomic E-state index is 0.640. The Morgan fingerprint density at radius 1 is 0.250 bits per heavy atom. The standard InChI is InChI=1S/C53H33N3/c1-3-14-35(15-4-1)51-54-52(36-16-5-2-6-17-36)56-53(55-51)41-23-11-20-37(30-41)42-32-38-18-7-8-24-43(38)48(33-42)40-22-12-21-39(31-40)44-29-28-34-19-13-27-46-45-25-9-10-26-47(45)50(44)49(34)46/h1-33H. The fourth-order valence-corrected chi connectivity index (χ4v) is 8.41. The van der Waals surface area contributed by atoms with Gasteiger partial charge >= 0.3 is 0 Å². The van der Waals surface area contributed by atoms with Crippen LogP contribution in [0, 0.1) is 0 Å². The van der Waals surface area contributed by atoms with E-state index in [1.54, 1.807) is 0 Å². The van der Waals surface area contributed by atoms with Crippen LogP contribution in [0.4, 0.5) is 0 Å². The predicted molar refractivity (Wildman–Crippen MR) is 232 cm³/mol. The number of fused-ring (bicyclic) bond motifs is 4. The lowest BCUT2D eigenvalue weighted by Crippen LogP contribution is -2.00. The maximum Gasteiger partial charge on any atom is 0.164 e. The first-order valence-electron chi connectivity index (χ1n) is 19.0. The van der Waals surface area contributed by atoms with E-state index in [9.17, 15) is 0 Å². The molecule has 0 radical (unpaired) electrons. The fraction of sp³-hybridized carbons (Fsp3) is 0. The number of hydrogen-bond donors (Lipinski definition) is 0. The van der Waals surface area contributed by atoms with Gasteiger partial charge in [0.25, 0.3) is 0 Å². The molecule has 0 amide bonds. The maximum absolute atomic E-state index is 5.02. The molecule has 260 valence electrons. The highest BCUT2D eigenvalue weighted by Gasteiger charge is 2.24. The van der Waals surface area contributed by atoms with Crippen LogP contribution in [-0.4, -0.2) is 15.0 Å². The molecule has 3 heteroatoms. The van der Waals surface area contributed by atoms with Gasteiger partial charge in [-0.15, -0.1) is 0 Å². The Labute approximate surface area is 325 Å². The van der Waals surface area contributed by atoms with Crippen molar-refractivity contribution in [1.82, 2.24) is 15.0 Å². The summed E-state index contributed by atoms with van der Waals surface area (Å²) in [5.74, 6) is 1.94. The van der Waals surface area contributed by atoms with Crippen molar-refractivity contribution in [3.63, 3.8) is 0 Å². The zero-order valence-electron chi connectivity index (χ0n) is 30.4. The zero-order chi connectivity index (χ0) is 37.0. The van der Waals surface area contributed by atoms with Gasteiger partial charge in [-0.3, -0.25) is 0 Å². The van der Waals surface area contributed by atoms with Gasteiger partial charge in [-0.05, 0) is 101 Å². The molecule has 0 saturated carbocycles. The summed E-state index contributed by atoms with van der Waals surface area (Å²) in [4.78, 5) is 14.9. The summed E-state index contributed by atoms with van der Waals surface area (Å²) in [5.41, 5.74) is 15.2. The van der Waals surface area contributed by atoms with E-state index < -0.39 is 0 Å². The third kappa shape index (κ3) is 5.40. The number of nitrogens with zero attached hydrogens (tertiary/aromatic N) is 3. The molecule has 1 aliphatic rings. The van der Waals surface area contributed by atoms with Gasteiger partial charge in [-0.25, -0.2) is 15.0 Å². The van der Waals surface area contributed by atoms with E-state index in [-0.39, 0.29) is 0 Å². The van der Waals surface area contributed by atoms with Crippen LogP contribution in [0.1, 0.15) is 0 Å². The van der Waals surface area contributed by atoms with Gasteiger partial charge in [-0.1, -0.05) is 176 Å². The van der Waals surface area contributed by atoms with Crippen LogP contribution in [0.15, 0.2) is 200 Å². The molecule has 0 fully saturated rings. The Balaban J connectivity index is 1.04. The molecule has 0 N–H and O–H groups in total. The van der Waals surface area contributed by atoms with E-state index in [2.05, 4.69) is 140 Å². The minimum Gasteiger partial charge on any atom is -0.208 e. The van der Waals surface area contributed by atoms with Gasteiger partial charge in [0.05, 0.1) is 0 Å². The lowest BCUT2D eigenvalue weighted by atomic mass is 9.89. The van der Waals surface area contributed by atoms with Crippen molar-refractivity contribution >= 4 is 21.5 Å². The SMILES string of the molecule is c1ccc(-c2nc(-c3ccccc3)nc(-c3cccc(-c4cc(-c5cccc(-c6ccc7cccc8c7c6-c6ccccc6-8)c5)c5ccccc5c4)c3)n2)cc1. The largest absolute Gasteiger partial charge is 0.208 e. The van der Waals surface area contributed by atoms with E-state index in [0.29, 0.717) is 17.5 Å². The first kappa shape index (κ1) is 32.0. The van der Waals surface area contributed by atoms with E-state index in [4.69, 9.17) is 15.0 Å². The smallest absolute Gasteiger partial charge is 0.164 e. The molecule has 10 aromatic rings. The Bertz CT molecular complexity index is 3070. The van der Waals surface area contributed by atoms with Gasteiger partial charge in [0.2, 0.25) is 0 Å². The van der Waals surface area contributed by atoms with Gasteiger partial charge in [0.1, 0.15) is 0 Å². The molecule has 9 aromatic carbocycles. The Kier molecular flexibility index (Phi) is 7.49. The molecule has 1 aromatic heterocycles. The lowest BCUT2D eigenvalue weighted by Gasteiger charge is -2.15. The molecule has 11 rings (SSSR count). The number of hydrogen-bond acceptors (Lipinski definition) is 3. The highest BCUT2D eigenvalue weighted by Crippen LogP contribution is 2.51. The van der Waals surface area contributed by atoms with Gasteiger partial charge in [0, 0.05) is 16.7 Å². The molecule has 1 heterocycles. The number of aromatic nitrogens is 3. The van der Waals surface area contributed by atoms with Gasteiger partial charge in [-0.2, -0.15) is 0 Å². The van der Waals surface area contributed by atoms with Crippen molar-refractivity contribution in [2.45, 2.75) is 0 Å². The second kappa shape index (κ2) is 13.1.